The highest BCUT2D eigenvalue weighted by atomic mass is 16.5. The molecule has 0 aliphatic carbocycles. The topological polar surface area (TPSA) is 70.7 Å². The SMILES string of the molecule is CCOC(=O)C1=C(CN(C)[C@@H](C)c2ccccc2)NC(=O)N[C@H]1C. The van der Waals surface area contributed by atoms with Crippen molar-refractivity contribution in [1.29, 1.82) is 0 Å². The molecule has 24 heavy (non-hydrogen) atoms. The summed E-state index contributed by atoms with van der Waals surface area (Å²) in [6.45, 7) is 6.38. The van der Waals surface area contributed by atoms with Crippen molar-refractivity contribution in [3.8, 4) is 0 Å². The summed E-state index contributed by atoms with van der Waals surface area (Å²) in [6, 6.07) is 9.56. The van der Waals surface area contributed by atoms with Gasteiger partial charge in [-0.1, -0.05) is 30.3 Å². The molecule has 2 atom stereocenters. The van der Waals surface area contributed by atoms with Crippen LogP contribution in [0.25, 0.3) is 0 Å². The number of nitrogens with zero attached hydrogens (tertiary/aromatic N) is 1. The number of hydrogen-bond acceptors (Lipinski definition) is 4. The van der Waals surface area contributed by atoms with Crippen LogP contribution in [0.1, 0.15) is 32.4 Å². The Morgan fingerprint density at radius 2 is 2.00 bits per heavy atom. The number of nitrogens with one attached hydrogen (secondary N) is 2. The first-order valence-corrected chi connectivity index (χ1v) is 8.16. The smallest absolute Gasteiger partial charge is 0.337 e. The Bertz CT molecular complexity index is 628. The maximum Gasteiger partial charge on any atom is 0.337 e. The van der Waals surface area contributed by atoms with E-state index in [1.54, 1.807) is 13.8 Å². The minimum atomic E-state index is -0.395. The van der Waals surface area contributed by atoms with Crippen molar-refractivity contribution in [1.82, 2.24) is 15.5 Å². The molecule has 2 N–H and O–H groups in total. The van der Waals surface area contributed by atoms with Gasteiger partial charge in [-0.2, -0.15) is 0 Å². The van der Waals surface area contributed by atoms with Crippen molar-refractivity contribution in [2.24, 2.45) is 0 Å². The number of benzene rings is 1. The summed E-state index contributed by atoms with van der Waals surface area (Å²) in [5, 5.41) is 5.47. The van der Waals surface area contributed by atoms with Gasteiger partial charge >= 0.3 is 12.0 Å². The lowest BCUT2D eigenvalue weighted by Crippen LogP contribution is -2.51. The molecule has 6 nitrogen and oxygen atoms in total. The monoisotopic (exact) mass is 331 g/mol. The average molecular weight is 331 g/mol. The molecule has 130 valence electrons. The fraction of sp³-hybridized carbons (Fsp3) is 0.444. The first kappa shape index (κ1) is 18.0. The van der Waals surface area contributed by atoms with Crippen molar-refractivity contribution < 1.29 is 14.3 Å². The van der Waals surface area contributed by atoms with E-state index in [1.807, 2.05) is 25.2 Å². The third-order valence-electron chi connectivity index (χ3n) is 4.22. The Kier molecular flexibility index (Phi) is 5.98. The van der Waals surface area contributed by atoms with Crippen LogP contribution >= 0.6 is 0 Å². The molecule has 1 aromatic rings. The second-order valence-electron chi connectivity index (χ2n) is 5.93. The number of urea groups is 1. The number of ether oxygens (including phenoxy) is 1. The average Bonchev–Trinajstić information content (AvgIpc) is 2.54. The Balaban J connectivity index is 2.23. The van der Waals surface area contributed by atoms with Crippen molar-refractivity contribution in [3.63, 3.8) is 0 Å². The fourth-order valence-electron chi connectivity index (χ4n) is 2.78. The van der Waals surface area contributed by atoms with Gasteiger partial charge in [-0.05, 0) is 33.4 Å². The molecule has 1 aromatic carbocycles. The molecule has 0 aromatic heterocycles. The van der Waals surface area contributed by atoms with Gasteiger partial charge in [0.15, 0.2) is 0 Å². The van der Waals surface area contributed by atoms with Gasteiger partial charge in [0.25, 0.3) is 0 Å². The van der Waals surface area contributed by atoms with Gasteiger partial charge in [-0.3, -0.25) is 4.90 Å². The molecule has 0 spiro atoms. The van der Waals surface area contributed by atoms with Crippen LogP contribution in [-0.4, -0.2) is 43.1 Å². The fourth-order valence-corrected chi connectivity index (χ4v) is 2.78. The summed E-state index contributed by atoms with van der Waals surface area (Å²) >= 11 is 0. The quantitative estimate of drug-likeness (QED) is 0.784. The van der Waals surface area contributed by atoms with Crippen LogP contribution in [-0.2, 0) is 9.53 Å². The lowest BCUT2D eigenvalue weighted by atomic mass is 10.0. The van der Waals surface area contributed by atoms with Gasteiger partial charge < -0.3 is 15.4 Å². The third-order valence-corrected chi connectivity index (χ3v) is 4.22. The predicted molar refractivity (Wildman–Crippen MR) is 92.3 cm³/mol. The molecule has 0 unspecified atom stereocenters. The van der Waals surface area contributed by atoms with Crippen LogP contribution in [0.4, 0.5) is 4.79 Å². The Hall–Kier alpha value is -2.34. The van der Waals surface area contributed by atoms with Gasteiger partial charge in [0.2, 0.25) is 0 Å². The van der Waals surface area contributed by atoms with E-state index >= 15 is 0 Å². The normalized spacial score (nSPS) is 18.9. The standard InChI is InChI=1S/C18H25N3O3/c1-5-24-17(22)16-12(2)19-18(23)20-15(16)11-21(4)13(3)14-9-7-6-8-10-14/h6-10,12-13H,5,11H2,1-4H3,(H2,19,20,23)/t12-,13-/m0/s1. The molecule has 2 rings (SSSR count). The molecular formula is C18H25N3O3. The Morgan fingerprint density at radius 1 is 1.33 bits per heavy atom. The summed E-state index contributed by atoms with van der Waals surface area (Å²) in [5.74, 6) is -0.395. The molecule has 1 aliphatic rings. The second-order valence-corrected chi connectivity index (χ2v) is 5.93. The zero-order chi connectivity index (χ0) is 17.7. The van der Waals surface area contributed by atoms with Gasteiger partial charge in [-0.25, -0.2) is 9.59 Å². The third kappa shape index (κ3) is 4.14. The van der Waals surface area contributed by atoms with Crippen LogP contribution in [0.15, 0.2) is 41.6 Å². The first-order valence-electron chi connectivity index (χ1n) is 8.16. The van der Waals surface area contributed by atoms with E-state index in [1.165, 1.54) is 5.56 Å². The van der Waals surface area contributed by atoms with Gasteiger partial charge in [-0.15, -0.1) is 0 Å². The van der Waals surface area contributed by atoms with Crippen LogP contribution in [0, 0.1) is 0 Å². The van der Waals surface area contributed by atoms with Crippen molar-refractivity contribution in [3.05, 3.63) is 47.2 Å². The van der Waals surface area contributed by atoms with Crippen LogP contribution in [0.5, 0.6) is 0 Å². The van der Waals surface area contributed by atoms with E-state index in [4.69, 9.17) is 4.74 Å². The van der Waals surface area contributed by atoms with Crippen molar-refractivity contribution in [2.75, 3.05) is 20.2 Å². The van der Waals surface area contributed by atoms with Crippen LogP contribution < -0.4 is 10.6 Å². The molecule has 0 saturated carbocycles. The number of amides is 2. The Labute approximate surface area is 142 Å². The Morgan fingerprint density at radius 3 is 2.62 bits per heavy atom. The molecule has 2 amide bonds. The number of esters is 1. The second kappa shape index (κ2) is 7.97. The van der Waals surface area contributed by atoms with Gasteiger partial charge in [0, 0.05) is 18.3 Å². The summed E-state index contributed by atoms with van der Waals surface area (Å²) in [5.41, 5.74) is 2.24. The van der Waals surface area contributed by atoms with E-state index < -0.39 is 5.97 Å². The number of rotatable bonds is 6. The van der Waals surface area contributed by atoms with E-state index in [2.05, 4.69) is 34.6 Å². The molecule has 6 heteroatoms. The van der Waals surface area contributed by atoms with E-state index in [0.29, 0.717) is 24.4 Å². The molecular weight excluding hydrogens is 306 g/mol. The number of hydrogen-bond donors (Lipinski definition) is 2. The highest BCUT2D eigenvalue weighted by Gasteiger charge is 2.30. The van der Waals surface area contributed by atoms with E-state index in [-0.39, 0.29) is 18.1 Å². The summed E-state index contributed by atoms with van der Waals surface area (Å²) in [7, 11) is 1.96. The highest BCUT2D eigenvalue weighted by molar-refractivity contribution is 5.94. The first-order chi connectivity index (χ1) is 11.4. The lowest BCUT2D eigenvalue weighted by Gasteiger charge is -2.31. The van der Waals surface area contributed by atoms with Gasteiger partial charge in [0.05, 0.1) is 18.2 Å². The minimum absolute atomic E-state index is 0.143. The molecule has 0 fully saturated rings. The van der Waals surface area contributed by atoms with E-state index in [0.717, 1.165) is 0 Å². The molecule has 0 saturated heterocycles. The zero-order valence-electron chi connectivity index (χ0n) is 14.6. The summed E-state index contributed by atoms with van der Waals surface area (Å²) in [6.07, 6.45) is 0. The summed E-state index contributed by atoms with van der Waals surface area (Å²) in [4.78, 5) is 26.1. The minimum Gasteiger partial charge on any atom is -0.463 e. The molecule has 0 bridgehead atoms. The maximum absolute atomic E-state index is 12.3. The van der Waals surface area contributed by atoms with Gasteiger partial charge in [0.1, 0.15) is 0 Å². The van der Waals surface area contributed by atoms with Crippen molar-refractivity contribution >= 4 is 12.0 Å². The number of carbonyl (C=O) groups is 2. The number of likely N-dealkylation sites (N-methyl/N-ethyl adjacent to an activating group) is 1. The van der Waals surface area contributed by atoms with E-state index in [9.17, 15) is 9.59 Å². The van der Waals surface area contributed by atoms with Crippen LogP contribution in [0.2, 0.25) is 0 Å². The predicted octanol–water partition coefficient (Wildman–Crippen LogP) is 2.20. The maximum atomic E-state index is 12.3. The molecule has 1 heterocycles. The molecule has 1 aliphatic heterocycles. The van der Waals surface area contributed by atoms with Crippen LogP contribution in [0.3, 0.4) is 0 Å². The highest BCUT2D eigenvalue weighted by Crippen LogP contribution is 2.21. The molecule has 0 radical (unpaired) electrons. The summed E-state index contributed by atoms with van der Waals surface area (Å²) < 4.78 is 5.14. The zero-order valence-corrected chi connectivity index (χ0v) is 14.6. The largest absolute Gasteiger partial charge is 0.463 e. The van der Waals surface area contributed by atoms with Crippen molar-refractivity contribution in [2.45, 2.75) is 32.9 Å². The lowest BCUT2D eigenvalue weighted by molar-refractivity contribution is -0.139. The number of carbonyl (C=O) groups excluding carboxylic acids is 2.